The van der Waals surface area contributed by atoms with Crippen LogP contribution in [0.5, 0.6) is 0 Å². The summed E-state index contributed by atoms with van der Waals surface area (Å²) in [6.45, 7) is 0.114. The van der Waals surface area contributed by atoms with Gasteiger partial charge in [0, 0.05) is 29.8 Å². The number of nitriles is 1. The zero-order chi connectivity index (χ0) is 16.3. The van der Waals surface area contributed by atoms with Crippen LogP contribution in [0.15, 0.2) is 41.4 Å². The van der Waals surface area contributed by atoms with Gasteiger partial charge in [-0.25, -0.2) is 13.4 Å². The molecule has 0 bridgehead atoms. The van der Waals surface area contributed by atoms with Gasteiger partial charge in [0.1, 0.15) is 16.7 Å². The summed E-state index contributed by atoms with van der Waals surface area (Å²) in [4.78, 5) is 3.79. The quantitative estimate of drug-likeness (QED) is 0.844. The van der Waals surface area contributed by atoms with Crippen LogP contribution in [0.25, 0.3) is 0 Å². The molecule has 0 saturated carbocycles. The molecule has 1 aromatic heterocycles. The Labute approximate surface area is 138 Å². The number of rotatable bonds is 4. The number of aromatic nitrogens is 1. The molecule has 5 nitrogen and oxygen atoms in total. The second kappa shape index (κ2) is 6.63. The van der Waals surface area contributed by atoms with Gasteiger partial charge in [0.2, 0.25) is 10.0 Å². The summed E-state index contributed by atoms with van der Waals surface area (Å²) in [6.07, 6.45) is 1.16. The van der Waals surface area contributed by atoms with Crippen LogP contribution < -0.4 is 0 Å². The van der Waals surface area contributed by atoms with Crippen LogP contribution in [0, 0.1) is 11.3 Å². The summed E-state index contributed by atoms with van der Waals surface area (Å²) < 4.78 is 26.1. The number of hydrogen-bond donors (Lipinski definition) is 0. The summed E-state index contributed by atoms with van der Waals surface area (Å²) in [7, 11) is -2.27. The summed E-state index contributed by atoms with van der Waals surface area (Å²) >= 11 is 11.8. The summed E-state index contributed by atoms with van der Waals surface area (Å²) in [5.41, 5.74) is 0.827. The maximum absolute atomic E-state index is 12.4. The van der Waals surface area contributed by atoms with Gasteiger partial charge in [0.05, 0.1) is 0 Å². The van der Waals surface area contributed by atoms with E-state index in [4.69, 9.17) is 28.5 Å². The smallest absolute Gasteiger partial charge is 0.244 e. The van der Waals surface area contributed by atoms with E-state index < -0.39 is 10.0 Å². The summed E-state index contributed by atoms with van der Waals surface area (Å²) in [5, 5.41) is 9.57. The fourth-order valence-corrected chi connectivity index (χ4v) is 3.50. The van der Waals surface area contributed by atoms with E-state index in [0.29, 0.717) is 15.6 Å². The van der Waals surface area contributed by atoms with Crippen molar-refractivity contribution in [2.45, 2.75) is 11.4 Å². The molecule has 0 spiro atoms. The van der Waals surface area contributed by atoms with E-state index in [-0.39, 0.29) is 17.1 Å². The molecule has 1 heterocycles. The zero-order valence-corrected chi connectivity index (χ0v) is 13.8. The molecule has 0 radical (unpaired) electrons. The van der Waals surface area contributed by atoms with E-state index in [1.54, 1.807) is 18.2 Å². The molecule has 0 aliphatic rings. The van der Waals surface area contributed by atoms with E-state index in [9.17, 15) is 8.42 Å². The molecular formula is C14H11Cl2N3O2S. The van der Waals surface area contributed by atoms with Crippen LogP contribution in [-0.4, -0.2) is 24.8 Å². The second-order valence-corrected chi connectivity index (χ2v) is 7.45. The maximum Gasteiger partial charge on any atom is 0.244 e. The van der Waals surface area contributed by atoms with Gasteiger partial charge in [-0.2, -0.15) is 9.57 Å². The van der Waals surface area contributed by atoms with Crippen molar-refractivity contribution >= 4 is 33.2 Å². The number of benzene rings is 1. The molecular weight excluding hydrogens is 345 g/mol. The topological polar surface area (TPSA) is 74.1 Å². The van der Waals surface area contributed by atoms with Crippen LogP contribution in [0.3, 0.4) is 0 Å². The molecule has 0 N–H and O–H groups in total. The van der Waals surface area contributed by atoms with Gasteiger partial charge in [-0.15, -0.1) is 0 Å². The minimum Gasteiger partial charge on any atom is -0.244 e. The Balaban J connectivity index is 2.26. The number of pyridine rings is 1. The SMILES string of the molecule is CN(Cc1cc(Cl)cc(Cl)c1)S(=O)(=O)c1ccc(C#N)nc1. The summed E-state index contributed by atoms with van der Waals surface area (Å²) in [6, 6.07) is 9.42. The molecule has 1 aromatic carbocycles. The number of halogens is 2. The van der Waals surface area contributed by atoms with Gasteiger partial charge in [0.25, 0.3) is 0 Å². The molecule has 0 saturated heterocycles. The third-order valence-corrected chi connectivity index (χ3v) is 5.11. The van der Waals surface area contributed by atoms with E-state index in [0.717, 1.165) is 10.5 Å². The van der Waals surface area contributed by atoms with Gasteiger partial charge in [-0.05, 0) is 35.9 Å². The summed E-state index contributed by atoms with van der Waals surface area (Å²) in [5.74, 6) is 0. The first-order valence-corrected chi connectivity index (χ1v) is 8.30. The standard InChI is InChI=1S/C14H11Cl2N3O2S/c1-19(9-10-4-11(15)6-12(16)5-10)22(20,21)14-3-2-13(7-17)18-8-14/h2-6,8H,9H2,1H3. The molecule has 2 aromatic rings. The van der Waals surface area contributed by atoms with Gasteiger partial charge in [-0.3, -0.25) is 0 Å². The Bertz CT molecular complexity index is 810. The lowest BCUT2D eigenvalue weighted by atomic mass is 10.2. The Kier molecular flexibility index (Phi) is 5.04. The molecule has 0 aliphatic carbocycles. The van der Waals surface area contributed by atoms with Crippen molar-refractivity contribution in [1.82, 2.24) is 9.29 Å². The van der Waals surface area contributed by atoms with Crippen molar-refractivity contribution in [3.63, 3.8) is 0 Å². The molecule has 8 heteroatoms. The van der Waals surface area contributed by atoms with Crippen LogP contribution in [0.1, 0.15) is 11.3 Å². The van der Waals surface area contributed by atoms with E-state index >= 15 is 0 Å². The first kappa shape index (κ1) is 16.7. The Hall–Kier alpha value is -1.65. The Morgan fingerprint density at radius 3 is 2.36 bits per heavy atom. The van der Waals surface area contributed by atoms with Crippen LogP contribution in [-0.2, 0) is 16.6 Å². The average Bonchev–Trinajstić information content (AvgIpc) is 2.46. The highest BCUT2D eigenvalue weighted by Crippen LogP contribution is 2.22. The first-order valence-electron chi connectivity index (χ1n) is 6.10. The average molecular weight is 356 g/mol. The number of sulfonamides is 1. The fourth-order valence-electron chi connectivity index (χ4n) is 1.82. The number of nitrogens with zero attached hydrogens (tertiary/aromatic N) is 3. The highest BCUT2D eigenvalue weighted by atomic mass is 35.5. The van der Waals surface area contributed by atoms with Crippen molar-refractivity contribution in [3.8, 4) is 6.07 Å². The lowest BCUT2D eigenvalue weighted by Crippen LogP contribution is -2.26. The predicted octanol–water partition coefficient (Wildman–Crippen LogP) is 3.08. The van der Waals surface area contributed by atoms with Crippen molar-refractivity contribution in [2.75, 3.05) is 7.05 Å². The minimum absolute atomic E-state index is 0.0159. The molecule has 2 rings (SSSR count). The Morgan fingerprint density at radius 1 is 1.23 bits per heavy atom. The molecule has 0 aliphatic heterocycles. The van der Waals surface area contributed by atoms with Gasteiger partial charge in [0.15, 0.2) is 0 Å². The third kappa shape index (κ3) is 3.76. The van der Waals surface area contributed by atoms with E-state index in [1.165, 1.54) is 19.2 Å². The van der Waals surface area contributed by atoms with E-state index in [2.05, 4.69) is 4.98 Å². The monoisotopic (exact) mass is 355 g/mol. The molecule has 0 fully saturated rings. The fraction of sp³-hybridized carbons (Fsp3) is 0.143. The van der Waals surface area contributed by atoms with Gasteiger partial charge < -0.3 is 0 Å². The number of hydrogen-bond acceptors (Lipinski definition) is 4. The molecule has 114 valence electrons. The van der Waals surface area contributed by atoms with Gasteiger partial charge >= 0.3 is 0 Å². The minimum atomic E-state index is -3.71. The first-order chi connectivity index (χ1) is 10.3. The second-order valence-electron chi connectivity index (χ2n) is 4.53. The predicted molar refractivity (Wildman–Crippen MR) is 84.1 cm³/mol. The zero-order valence-electron chi connectivity index (χ0n) is 11.5. The van der Waals surface area contributed by atoms with Gasteiger partial charge in [-0.1, -0.05) is 23.2 Å². The van der Waals surface area contributed by atoms with Crippen LogP contribution >= 0.6 is 23.2 Å². The normalized spacial score (nSPS) is 11.4. The van der Waals surface area contributed by atoms with Crippen molar-refractivity contribution < 1.29 is 8.42 Å². The lowest BCUT2D eigenvalue weighted by molar-refractivity contribution is 0.466. The highest BCUT2D eigenvalue weighted by Gasteiger charge is 2.21. The van der Waals surface area contributed by atoms with Crippen LogP contribution in [0.4, 0.5) is 0 Å². The lowest BCUT2D eigenvalue weighted by Gasteiger charge is -2.17. The molecule has 0 atom stereocenters. The van der Waals surface area contributed by atoms with Crippen molar-refractivity contribution in [1.29, 1.82) is 5.26 Å². The Morgan fingerprint density at radius 2 is 1.86 bits per heavy atom. The van der Waals surface area contributed by atoms with E-state index in [1.807, 2.05) is 6.07 Å². The molecule has 0 unspecified atom stereocenters. The molecule has 0 amide bonds. The third-order valence-electron chi connectivity index (χ3n) is 2.89. The van der Waals surface area contributed by atoms with Crippen molar-refractivity contribution in [3.05, 3.63) is 57.8 Å². The van der Waals surface area contributed by atoms with Crippen molar-refractivity contribution in [2.24, 2.45) is 0 Å². The maximum atomic E-state index is 12.4. The highest BCUT2D eigenvalue weighted by molar-refractivity contribution is 7.89. The largest absolute Gasteiger partial charge is 0.244 e. The van der Waals surface area contributed by atoms with Crippen LogP contribution in [0.2, 0.25) is 10.0 Å². The molecule has 22 heavy (non-hydrogen) atoms.